The Balaban J connectivity index is 1.71. The lowest BCUT2D eigenvalue weighted by Gasteiger charge is -2.31. The molecule has 0 saturated heterocycles. The summed E-state index contributed by atoms with van der Waals surface area (Å²) >= 11 is 0. The van der Waals surface area contributed by atoms with E-state index in [4.69, 9.17) is 0 Å². The summed E-state index contributed by atoms with van der Waals surface area (Å²) in [5, 5.41) is 4.35. The quantitative estimate of drug-likeness (QED) is 0.828. The van der Waals surface area contributed by atoms with E-state index in [-0.39, 0.29) is 11.8 Å². The molecule has 6 nitrogen and oxygen atoms in total. The van der Waals surface area contributed by atoms with Crippen molar-refractivity contribution in [3.63, 3.8) is 0 Å². The van der Waals surface area contributed by atoms with Gasteiger partial charge in [0.25, 0.3) is 11.8 Å². The first-order valence-electron chi connectivity index (χ1n) is 10.1. The van der Waals surface area contributed by atoms with E-state index < -0.39 is 0 Å². The molecule has 0 N–H and O–H groups in total. The molecule has 0 bridgehead atoms. The van der Waals surface area contributed by atoms with Gasteiger partial charge in [0.1, 0.15) is 5.69 Å². The third-order valence-corrected chi connectivity index (χ3v) is 6.20. The Morgan fingerprint density at radius 3 is 1.85 bits per heavy atom. The summed E-state index contributed by atoms with van der Waals surface area (Å²) in [5.41, 5.74) is 0.874. The van der Waals surface area contributed by atoms with Crippen molar-refractivity contribution in [2.75, 3.05) is 14.1 Å². The van der Waals surface area contributed by atoms with Gasteiger partial charge in [0, 0.05) is 39.3 Å². The molecular weight excluding hydrogens is 328 g/mol. The molecule has 2 saturated carbocycles. The third-order valence-electron chi connectivity index (χ3n) is 6.20. The summed E-state index contributed by atoms with van der Waals surface area (Å²) in [6.45, 7) is 0. The first kappa shape index (κ1) is 18.9. The van der Waals surface area contributed by atoms with Crippen LogP contribution in [0.25, 0.3) is 0 Å². The number of carbonyl (C=O) groups is 2. The second kappa shape index (κ2) is 8.23. The maximum atomic E-state index is 12.9. The molecule has 1 heterocycles. The monoisotopic (exact) mass is 360 g/mol. The summed E-state index contributed by atoms with van der Waals surface area (Å²) in [7, 11) is 5.49. The van der Waals surface area contributed by atoms with Gasteiger partial charge in [-0.2, -0.15) is 5.10 Å². The lowest BCUT2D eigenvalue weighted by molar-refractivity contribution is 0.0680. The topological polar surface area (TPSA) is 58.4 Å². The van der Waals surface area contributed by atoms with Crippen LogP contribution in [0.3, 0.4) is 0 Å². The van der Waals surface area contributed by atoms with Gasteiger partial charge in [0.05, 0.1) is 0 Å². The van der Waals surface area contributed by atoms with E-state index in [2.05, 4.69) is 5.10 Å². The highest BCUT2D eigenvalue weighted by atomic mass is 16.2. The largest absolute Gasteiger partial charge is 0.337 e. The van der Waals surface area contributed by atoms with Gasteiger partial charge >= 0.3 is 0 Å². The first-order chi connectivity index (χ1) is 12.5. The van der Waals surface area contributed by atoms with Crippen molar-refractivity contribution in [2.45, 2.75) is 76.3 Å². The minimum Gasteiger partial charge on any atom is -0.337 e. The van der Waals surface area contributed by atoms with Crippen LogP contribution in [-0.2, 0) is 7.05 Å². The van der Waals surface area contributed by atoms with Crippen LogP contribution in [0.15, 0.2) is 6.07 Å². The molecule has 0 aliphatic heterocycles. The minimum atomic E-state index is -0.0770. The Labute approximate surface area is 156 Å². The SMILES string of the molecule is CN(C(=O)c1cc(C(=O)N(C)C2CCCCC2)n(C)n1)C1CCCCC1. The summed E-state index contributed by atoms with van der Waals surface area (Å²) in [6.07, 6.45) is 11.5. The van der Waals surface area contributed by atoms with Crippen LogP contribution in [0.5, 0.6) is 0 Å². The fourth-order valence-corrected chi connectivity index (χ4v) is 4.40. The Morgan fingerprint density at radius 1 is 0.885 bits per heavy atom. The van der Waals surface area contributed by atoms with Crippen molar-refractivity contribution >= 4 is 11.8 Å². The Bertz CT molecular complexity index is 642. The van der Waals surface area contributed by atoms with Crippen molar-refractivity contribution < 1.29 is 9.59 Å². The average molecular weight is 361 g/mol. The van der Waals surface area contributed by atoms with E-state index in [1.807, 2.05) is 23.9 Å². The highest BCUT2D eigenvalue weighted by Gasteiger charge is 2.29. The Kier molecular flexibility index (Phi) is 5.99. The highest BCUT2D eigenvalue weighted by Crippen LogP contribution is 2.24. The average Bonchev–Trinajstić information content (AvgIpc) is 3.08. The third kappa shape index (κ3) is 3.94. The van der Waals surface area contributed by atoms with E-state index in [1.54, 1.807) is 17.8 Å². The van der Waals surface area contributed by atoms with E-state index in [0.717, 1.165) is 25.7 Å². The van der Waals surface area contributed by atoms with Crippen LogP contribution in [0.2, 0.25) is 0 Å². The molecule has 3 rings (SSSR count). The lowest BCUT2D eigenvalue weighted by Crippen LogP contribution is -2.39. The van der Waals surface area contributed by atoms with E-state index in [0.29, 0.717) is 23.5 Å². The zero-order chi connectivity index (χ0) is 18.7. The molecule has 2 amide bonds. The fourth-order valence-electron chi connectivity index (χ4n) is 4.40. The van der Waals surface area contributed by atoms with Crippen molar-refractivity contribution in [2.24, 2.45) is 7.05 Å². The van der Waals surface area contributed by atoms with E-state index in [9.17, 15) is 9.59 Å². The lowest BCUT2D eigenvalue weighted by atomic mass is 9.94. The number of aryl methyl sites for hydroxylation is 1. The predicted molar refractivity (Wildman–Crippen MR) is 101 cm³/mol. The second-order valence-electron chi connectivity index (χ2n) is 7.95. The summed E-state index contributed by atoms with van der Waals surface area (Å²) in [6, 6.07) is 2.26. The summed E-state index contributed by atoms with van der Waals surface area (Å²) < 4.78 is 1.56. The van der Waals surface area contributed by atoms with Crippen LogP contribution < -0.4 is 0 Å². The zero-order valence-electron chi connectivity index (χ0n) is 16.4. The van der Waals surface area contributed by atoms with Crippen LogP contribution in [-0.4, -0.2) is 57.6 Å². The molecule has 1 aromatic rings. The molecule has 1 aromatic heterocycles. The number of carbonyl (C=O) groups excluding carboxylic acids is 2. The molecule has 2 fully saturated rings. The first-order valence-corrected chi connectivity index (χ1v) is 10.1. The second-order valence-corrected chi connectivity index (χ2v) is 7.95. The van der Waals surface area contributed by atoms with Gasteiger partial charge in [-0.05, 0) is 25.7 Å². The molecule has 2 aliphatic carbocycles. The van der Waals surface area contributed by atoms with Crippen LogP contribution in [0.4, 0.5) is 0 Å². The molecular formula is C20H32N4O2. The van der Waals surface area contributed by atoms with Crippen molar-refractivity contribution in [1.29, 1.82) is 0 Å². The molecule has 26 heavy (non-hydrogen) atoms. The summed E-state index contributed by atoms with van der Waals surface area (Å²) in [5.74, 6) is -0.113. The van der Waals surface area contributed by atoms with E-state index in [1.165, 1.54) is 38.5 Å². The normalized spacial score (nSPS) is 19.3. The van der Waals surface area contributed by atoms with Gasteiger partial charge in [-0.15, -0.1) is 0 Å². The van der Waals surface area contributed by atoms with Crippen LogP contribution >= 0.6 is 0 Å². The Morgan fingerprint density at radius 2 is 1.35 bits per heavy atom. The maximum absolute atomic E-state index is 12.9. The number of rotatable bonds is 4. The number of amides is 2. The number of hydrogen-bond acceptors (Lipinski definition) is 3. The van der Waals surface area contributed by atoms with Gasteiger partial charge in [0.2, 0.25) is 0 Å². The Hall–Kier alpha value is -1.85. The molecule has 2 aliphatic rings. The molecule has 144 valence electrons. The van der Waals surface area contributed by atoms with Crippen LogP contribution in [0, 0.1) is 0 Å². The molecule has 0 atom stereocenters. The van der Waals surface area contributed by atoms with Gasteiger partial charge in [-0.1, -0.05) is 38.5 Å². The molecule has 0 spiro atoms. The fraction of sp³-hybridized carbons (Fsp3) is 0.750. The zero-order valence-corrected chi connectivity index (χ0v) is 16.4. The van der Waals surface area contributed by atoms with Crippen LogP contribution in [0.1, 0.15) is 85.2 Å². The van der Waals surface area contributed by atoms with Gasteiger partial charge in [0.15, 0.2) is 5.69 Å². The number of aromatic nitrogens is 2. The molecule has 0 radical (unpaired) electrons. The number of nitrogens with zero attached hydrogens (tertiary/aromatic N) is 4. The smallest absolute Gasteiger partial charge is 0.274 e. The number of hydrogen-bond donors (Lipinski definition) is 0. The highest BCUT2D eigenvalue weighted by molar-refractivity contribution is 5.98. The predicted octanol–water partition coefficient (Wildman–Crippen LogP) is 3.23. The van der Waals surface area contributed by atoms with Crippen molar-refractivity contribution in [1.82, 2.24) is 19.6 Å². The standard InChI is InChI=1S/C20H32N4O2/c1-22(15-10-6-4-7-11-15)19(25)17-14-18(24(3)21-17)20(26)23(2)16-12-8-5-9-13-16/h14-16H,4-13H2,1-3H3. The van der Waals surface area contributed by atoms with Crippen molar-refractivity contribution in [3.8, 4) is 0 Å². The van der Waals surface area contributed by atoms with E-state index >= 15 is 0 Å². The molecule has 0 unspecified atom stereocenters. The minimum absolute atomic E-state index is 0.0359. The molecule has 0 aromatic carbocycles. The van der Waals surface area contributed by atoms with Gasteiger partial charge in [-0.25, -0.2) is 0 Å². The summed E-state index contributed by atoms with van der Waals surface area (Å²) in [4.78, 5) is 29.4. The van der Waals surface area contributed by atoms with Crippen molar-refractivity contribution in [3.05, 3.63) is 17.5 Å². The molecule has 6 heteroatoms. The van der Waals surface area contributed by atoms with Gasteiger partial charge in [-0.3, -0.25) is 14.3 Å². The van der Waals surface area contributed by atoms with Gasteiger partial charge < -0.3 is 9.80 Å². The maximum Gasteiger partial charge on any atom is 0.274 e.